The highest BCUT2D eigenvalue weighted by molar-refractivity contribution is 6.21. The fourth-order valence-corrected chi connectivity index (χ4v) is 1.37. The van der Waals surface area contributed by atoms with E-state index >= 15 is 0 Å². The van der Waals surface area contributed by atoms with Crippen molar-refractivity contribution in [1.82, 2.24) is 0 Å². The zero-order valence-corrected chi connectivity index (χ0v) is 15.6. The third-order valence-corrected chi connectivity index (χ3v) is 2.36. The van der Waals surface area contributed by atoms with Crippen LogP contribution in [-0.4, -0.2) is 35.0 Å². The topological polar surface area (TPSA) is 36.9 Å². The van der Waals surface area contributed by atoms with Crippen LogP contribution in [0.3, 0.4) is 0 Å². The van der Waals surface area contributed by atoms with Crippen molar-refractivity contribution in [2.75, 3.05) is 12.1 Å². The largest absolute Gasteiger partial charge is 0.489 e. The molecule has 4 nitrogen and oxygen atoms in total. The third kappa shape index (κ3) is 13.1. The van der Waals surface area contributed by atoms with Crippen LogP contribution in [0.5, 0.6) is 0 Å². The van der Waals surface area contributed by atoms with Gasteiger partial charge in [0.05, 0.1) is 0 Å². The first-order chi connectivity index (χ1) is 11.4. The standard InChI is InChI=1S/C6H8Cl2F4O2.C4H2Cl2F4O2/c1-4(9,10)5(2,13-3-7)14-6(8,11)12;5-1-11-3(2(7)8)12-4(6,9)10/h3H2,1-2H3;1H2. The van der Waals surface area contributed by atoms with Gasteiger partial charge in [-0.05, 0) is 18.5 Å². The molecule has 0 aliphatic carbocycles. The summed E-state index contributed by atoms with van der Waals surface area (Å²) in [4.78, 5) is 0. The molecule has 0 fully saturated rings. The van der Waals surface area contributed by atoms with E-state index in [9.17, 15) is 35.1 Å². The van der Waals surface area contributed by atoms with E-state index in [2.05, 4.69) is 42.1 Å². The van der Waals surface area contributed by atoms with Crippen molar-refractivity contribution in [3.63, 3.8) is 0 Å². The molecule has 0 spiro atoms. The first-order valence-electron chi connectivity index (χ1n) is 5.73. The van der Waals surface area contributed by atoms with E-state index in [0.717, 1.165) is 0 Å². The fraction of sp³-hybridized carbons (Fsp3) is 0.800. The molecule has 0 heterocycles. The molecular weight excluding hydrogens is 478 g/mol. The van der Waals surface area contributed by atoms with Gasteiger partial charge in [0.15, 0.2) is 6.07 Å². The van der Waals surface area contributed by atoms with Crippen molar-refractivity contribution < 1.29 is 54.1 Å². The Hall–Kier alpha value is -0.140. The summed E-state index contributed by atoms with van der Waals surface area (Å²) in [5.74, 6) is -8.25. The lowest BCUT2D eigenvalue weighted by Gasteiger charge is -2.34. The van der Waals surface area contributed by atoms with Gasteiger partial charge in [-0.25, -0.2) is 8.78 Å². The zero-order chi connectivity index (χ0) is 21.4. The van der Waals surface area contributed by atoms with Gasteiger partial charge in [0.2, 0.25) is 5.79 Å². The molecule has 0 aliphatic rings. The molecule has 0 aromatic heterocycles. The molecule has 0 rings (SSSR count). The number of alkyl halides is 10. The first-order valence-corrected chi connectivity index (χ1v) is 7.55. The summed E-state index contributed by atoms with van der Waals surface area (Å²) in [5, 5.41) is 0. The number of ether oxygens (including phenoxy) is 4. The number of rotatable bonds is 9. The smallest absolute Gasteiger partial charge is 0.445 e. The summed E-state index contributed by atoms with van der Waals surface area (Å²) in [6.07, 6.45) is -2.57. The highest BCUT2D eigenvalue weighted by atomic mass is 35.5. The Balaban J connectivity index is 0. The van der Waals surface area contributed by atoms with Gasteiger partial charge in [-0.3, -0.25) is 4.74 Å². The maximum atomic E-state index is 12.8. The minimum atomic E-state index is -4.25. The molecule has 0 radical (unpaired) electrons. The minimum Gasteiger partial charge on any atom is -0.445 e. The van der Waals surface area contributed by atoms with Crippen LogP contribution >= 0.6 is 46.4 Å². The van der Waals surface area contributed by atoms with E-state index in [0.29, 0.717) is 13.8 Å². The van der Waals surface area contributed by atoms with E-state index in [-0.39, 0.29) is 0 Å². The molecule has 26 heavy (non-hydrogen) atoms. The van der Waals surface area contributed by atoms with E-state index < -0.39 is 47.0 Å². The van der Waals surface area contributed by atoms with E-state index in [4.69, 9.17) is 23.2 Å². The summed E-state index contributed by atoms with van der Waals surface area (Å²) in [6.45, 7) is 0.966. The van der Waals surface area contributed by atoms with Gasteiger partial charge in [-0.1, -0.05) is 23.2 Å². The van der Waals surface area contributed by atoms with Gasteiger partial charge in [-0.15, -0.1) is 8.78 Å². The molecule has 0 saturated heterocycles. The van der Waals surface area contributed by atoms with Gasteiger partial charge >= 0.3 is 23.2 Å². The fourth-order valence-electron chi connectivity index (χ4n) is 0.848. The Morgan fingerprint density at radius 2 is 1.31 bits per heavy atom. The average molecular weight is 488 g/mol. The molecule has 0 aromatic rings. The molecule has 16 heteroatoms. The van der Waals surface area contributed by atoms with Crippen LogP contribution in [0.15, 0.2) is 12.0 Å². The lowest BCUT2D eigenvalue weighted by molar-refractivity contribution is -0.381. The molecule has 1 atom stereocenters. The SMILES string of the molecule is CC(F)(F)C(C)(OCCl)OC(F)(F)Cl.FC(F)=C(OCCl)OC(F)(F)Cl. The van der Waals surface area contributed by atoms with E-state index in [1.807, 2.05) is 0 Å². The Morgan fingerprint density at radius 3 is 1.54 bits per heavy atom. The van der Waals surface area contributed by atoms with Crippen molar-refractivity contribution in [3.05, 3.63) is 12.0 Å². The minimum absolute atomic E-state index is 0.349. The van der Waals surface area contributed by atoms with Crippen molar-refractivity contribution in [2.45, 2.75) is 36.7 Å². The molecule has 0 N–H and O–H groups in total. The van der Waals surface area contributed by atoms with Crippen LogP contribution in [0.2, 0.25) is 0 Å². The highest BCUT2D eigenvalue weighted by Crippen LogP contribution is 2.38. The van der Waals surface area contributed by atoms with Gasteiger partial charge in [0, 0.05) is 18.5 Å². The Bertz CT molecular complexity index is 448. The van der Waals surface area contributed by atoms with Crippen molar-refractivity contribution >= 4 is 46.4 Å². The quantitative estimate of drug-likeness (QED) is 0.162. The normalized spacial score (nSPS) is 14.7. The monoisotopic (exact) mass is 486 g/mol. The van der Waals surface area contributed by atoms with Crippen molar-refractivity contribution in [1.29, 1.82) is 0 Å². The van der Waals surface area contributed by atoms with Crippen LogP contribution in [0.1, 0.15) is 13.8 Å². The molecule has 1 unspecified atom stereocenters. The Labute approximate surface area is 161 Å². The summed E-state index contributed by atoms with van der Waals surface area (Å²) in [6, 6.07) is -1.48. The van der Waals surface area contributed by atoms with Crippen LogP contribution in [0.4, 0.5) is 35.1 Å². The second-order valence-corrected chi connectivity index (χ2v) is 5.30. The third-order valence-electron chi connectivity index (χ3n) is 1.99. The van der Waals surface area contributed by atoms with Crippen LogP contribution in [-0.2, 0) is 18.9 Å². The molecular formula is C10H10Cl4F8O4. The maximum absolute atomic E-state index is 12.8. The summed E-state index contributed by atoms with van der Waals surface area (Å²) >= 11 is 18.3. The Kier molecular flexibility index (Phi) is 11.9. The second kappa shape index (κ2) is 11.0. The van der Waals surface area contributed by atoms with E-state index in [1.54, 1.807) is 0 Å². The lowest BCUT2D eigenvalue weighted by atomic mass is 10.2. The van der Waals surface area contributed by atoms with Gasteiger partial charge < -0.3 is 14.2 Å². The van der Waals surface area contributed by atoms with Crippen LogP contribution < -0.4 is 0 Å². The predicted molar refractivity (Wildman–Crippen MR) is 75.6 cm³/mol. The van der Waals surface area contributed by atoms with Crippen LogP contribution in [0, 0.1) is 0 Å². The molecule has 0 aromatic carbocycles. The predicted octanol–water partition coefficient (Wildman–Crippen LogP) is 6.45. The first kappa shape index (κ1) is 28.1. The van der Waals surface area contributed by atoms with Gasteiger partial charge in [0.1, 0.15) is 6.07 Å². The molecule has 0 aliphatic heterocycles. The molecule has 0 bridgehead atoms. The number of halogens is 12. The summed E-state index contributed by atoms with van der Waals surface area (Å²) in [7, 11) is 0. The molecule has 158 valence electrons. The number of hydrogen-bond acceptors (Lipinski definition) is 4. The second-order valence-electron chi connectivity index (χ2n) is 3.98. The molecule has 0 amide bonds. The van der Waals surface area contributed by atoms with Crippen LogP contribution in [0.25, 0.3) is 0 Å². The van der Waals surface area contributed by atoms with Crippen molar-refractivity contribution in [3.8, 4) is 0 Å². The maximum Gasteiger partial charge on any atom is 0.489 e. The zero-order valence-electron chi connectivity index (χ0n) is 12.6. The number of hydrogen-bond donors (Lipinski definition) is 0. The molecule has 0 saturated carbocycles. The van der Waals surface area contributed by atoms with Crippen molar-refractivity contribution in [2.24, 2.45) is 0 Å². The summed E-state index contributed by atoms with van der Waals surface area (Å²) in [5.41, 5.74) is -8.49. The Morgan fingerprint density at radius 1 is 0.846 bits per heavy atom. The average Bonchev–Trinajstić information content (AvgIpc) is 2.34. The van der Waals surface area contributed by atoms with Gasteiger partial charge in [-0.2, -0.15) is 17.6 Å². The summed E-state index contributed by atoms with van der Waals surface area (Å²) < 4.78 is 111. The van der Waals surface area contributed by atoms with E-state index in [1.165, 1.54) is 0 Å². The lowest BCUT2D eigenvalue weighted by Crippen LogP contribution is -2.50. The van der Waals surface area contributed by atoms with Gasteiger partial charge in [0.25, 0.3) is 5.92 Å². The highest BCUT2D eigenvalue weighted by Gasteiger charge is 2.54.